The van der Waals surface area contributed by atoms with E-state index in [2.05, 4.69) is 10.6 Å². The fourth-order valence-electron chi connectivity index (χ4n) is 1.61. The quantitative estimate of drug-likeness (QED) is 0.551. The van der Waals surface area contributed by atoms with E-state index >= 15 is 0 Å². The van der Waals surface area contributed by atoms with Gasteiger partial charge in [-0.3, -0.25) is 19.2 Å². The fourth-order valence-corrected chi connectivity index (χ4v) is 1.82. The zero-order valence-electron chi connectivity index (χ0n) is 14.0. The van der Waals surface area contributed by atoms with Gasteiger partial charge < -0.3 is 21.5 Å². The Morgan fingerprint density at radius 3 is 2.28 bits per heavy atom. The smallest absolute Gasteiger partial charge is 0.303 e. The third-order valence-corrected chi connectivity index (χ3v) is 3.16. The Labute approximate surface area is 150 Å². The van der Waals surface area contributed by atoms with E-state index in [9.17, 15) is 19.2 Å². The van der Waals surface area contributed by atoms with Crippen LogP contribution < -0.4 is 16.4 Å². The predicted molar refractivity (Wildman–Crippen MR) is 92.9 cm³/mol. The van der Waals surface area contributed by atoms with Crippen molar-refractivity contribution in [1.82, 2.24) is 10.6 Å². The molecule has 9 heteroatoms. The number of hydrogen-bond acceptors (Lipinski definition) is 4. The number of carbonyl (C=O) groups excluding carboxylic acids is 3. The van der Waals surface area contributed by atoms with Crippen LogP contribution in [0.4, 0.5) is 0 Å². The molecular formula is C16H22ClN3O5. The van der Waals surface area contributed by atoms with E-state index < -0.39 is 23.8 Å². The van der Waals surface area contributed by atoms with Gasteiger partial charge in [0.1, 0.15) is 6.04 Å². The number of carboxylic acid groups (broad SMARTS) is 1. The standard InChI is InChI=1S/C13H15ClN2O4.C3H7NO/c14-9-3-1-2-8(6-9)7-10(13(15)20)16-11(17)4-5-12(18)19;1-3(5)4-2/h1-3,6,10H,4-5,7H2,(H2,15,20)(H,16,17)(H,18,19);1-2H3,(H,4,5)/t10-;/m0./s1. The first-order valence-electron chi connectivity index (χ1n) is 7.39. The van der Waals surface area contributed by atoms with Crippen LogP contribution in [0.15, 0.2) is 24.3 Å². The van der Waals surface area contributed by atoms with E-state index in [4.69, 9.17) is 22.4 Å². The molecule has 0 fully saturated rings. The Morgan fingerprint density at radius 1 is 1.24 bits per heavy atom. The SMILES string of the molecule is CNC(C)=O.NC(=O)[C@H](Cc1cccc(Cl)c1)NC(=O)CCC(=O)O. The first kappa shape index (κ1) is 22.4. The Kier molecular flexibility index (Phi) is 10.6. The van der Waals surface area contributed by atoms with Crippen LogP contribution in [0, 0.1) is 0 Å². The molecule has 0 heterocycles. The summed E-state index contributed by atoms with van der Waals surface area (Å²) in [5.41, 5.74) is 5.97. The fraction of sp³-hybridized carbons (Fsp3) is 0.375. The Hall–Kier alpha value is -2.61. The molecule has 0 spiro atoms. The maximum atomic E-state index is 11.5. The number of nitrogens with one attached hydrogen (secondary N) is 2. The van der Waals surface area contributed by atoms with Crippen molar-refractivity contribution in [3.63, 3.8) is 0 Å². The van der Waals surface area contributed by atoms with Crippen molar-refractivity contribution in [3.8, 4) is 0 Å². The summed E-state index contributed by atoms with van der Waals surface area (Å²) in [5.74, 6) is -2.29. The molecule has 1 atom stereocenters. The molecule has 0 aliphatic carbocycles. The lowest BCUT2D eigenvalue weighted by Gasteiger charge is -2.15. The summed E-state index contributed by atoms with van der Waals surface area (Å²) in [4.78, 5) is 42.9. The van der Waals surface area contributed by atoms with Crippen molar-refractivity contribution in [2.24, 2.45) is 5.73 Å². The molecule has 0 aliphatic rings. The molecule has 25 heavy (non-hydrogen) atoms. The molecule has 0 aromatic heterocycles. The second-order valence-electron chi connectivity index (χ2n) is 5.06. The number of nitrogens with two attached hydrogens (primary N) is 1. The number of hydrogen-bond donors (Lipinski definition) is 4. The van der Waals surface area contributed by atoms with Crippen molar-refractivity contribution in [2.45, 2.75) is 32.2 Å². The van der Waals surface area contributed by atoms with Crippen LogP contribution in [-0.2, 0) is 25.6 Å². The molecule has 1 aromatic carbocycles. The molecule has 0 radical (unpaired) electrons. The second kappa shape index (κ2) is 11.9. The zero-order chi connectivity index (χ0) is 19.4. The second-order valence-corrected chi connectivity index (χ2v) is 5.49. The lowest BCUT2D eigenvalue weighted by atomic mass is 10.1. The van der Waals surface area contributed by atoms with E-state index in [0.29, 0.717) is 5.02 Å². The van der Waals surface area contributed by atoms with Crippen LogP contribution in [0.2, 0.25) is 5.02 Å². The normalized spacial score (nSPS) is 10.7. The zero-order valence-corrected chi connectivity index (χ0v) is 14.8. The van der Waals surface area contributed by atoms with Gasteiger partial charge >= 0.3 is 5.97 Å². The number of aliphatic carboxylic acids is 1. The molecule has 1 rings (SSSR count). The third kappa shape index (κ3) is 11.5. The highest BCUT2D eigenvalue weighted by Crippen LogP contribution is 2.12. The van der Waals surface area contributed by atoms with Gasteiger partial charge in [-0.25, -0.2) is 0 Å². The van der Waals surface area contributed by atoms with E-state index in [1.807, 2.05) is 0 Å². The monoisotopic (exact) mass is 371 g/mol. The molecule has 0 unspecified atom stereocenters. The highest BCUT2D eigenvalue weighted by molar-refractivity contribution is 6.30. The summed E-state index contributed by atoms with van der Waals surface area (Å²) in [6.45, 7) is 1.47. The maximum absolute atomic E-state index is 11.5. The third-order valence-electron chi connectivity index (χ3n) is 2.93. The number of halogens is 1. The van der Waals surface area contributed by atoms with Gasteiger partial charge in [-0.05, 0) is 17.7 Å². The lowest BCUT2D eigenvalue weighted by molar-refractivity contribution is -0.139. The average molecular weight is 372 g/mol. The minimum Gasteiger partial charge on any atom is -0.481 e. The van der Waals surface area contributed by atoms with Crippen LogP contribution in [-0.4, -0.2) is 41.9 Å². The lowest BCUT2D eigenvalue weighted by Crippen LogP contribution is -2.45. The van der Waals surface area contributed by atoms with Gasteiger partial charge in [-0.2, -0.15) is 0 Å². The van der Waals surface area contributed by atoms with Gasteiger partial charge in [0.15, 0.2) is 0 Å². The number of carboxylic acids is 1. The van der Waals surface area contributed by atoms with E-state index in [1.54, 1.807) is 31.3 Å². The van der Waals surface area contributed by atoms with Crippen molar-refractivity contribution >= 4 is 35.3 Å². The van der Waals surface area contributed by atoms with Crippen LogP contribution in [0.25, 0.3) is 0 Å². The Morgan fingerprint density at radius 2 is 1.84 bits per heavy atom. The molecule has 3 amide bonds. The first-order chi connectivity index (χ1) is 11.6. The van der Waals surface area contributed by atoms with Gasteiger partial charge in [0, 0.05) is 31.8 Å². The molecule has 138 valence electrons. The summed E-state index contributed by atoms with van der Waals surface area (Å²) in [5, 5.41) is 13.8. The summed E-state index contributed by atoms with van der Waals surface area (Å²) in [6.07, 6.45) is -0.294. The number of rotatable bonds is 7. The number of primary amides is 1. The van der Waals surface area contributed by atoms with Crippen LogP contribution in [0.1, 0.15) is 25.3 Å². The van der Waals surface area contributed by atoms with Crippen molar-refractivity contribution in [3.05, 3.63) is 34.9 Å². The molecular weight excluding hydrogens is 350 g/mol. The van der Waals surface area contributed by atoms with Crippen LogP contribution >= 0.6 is 11.6 Å². The maximum Gasteiger partial charge on any atom is 0.303 e. The van der Waals surface area contributed by atoms with Crippen LogP contribution in [0.3, 0.4) is 0 Å². The predicted octanol–water partition coefficient (Wildman–Crippen LogP) is 0.470. The van der Waals surface area contributed by atoms with Crippen LogP contribution in [0.5, 0.6) is 0 Å². The molecule has 0 aliphatic heterocycles. The molecule has 0 bridgehead atoms. The van der Waals surface area contributed by atoms with Gasteiger partial charge in [-0.1, -0.05) is 23.7 Å². The van der Waals surface area contributed by atoms with Gasteiger partial charge in [0.05, 0.1) is 6.42 Å². The number of amides is 3. The first-order valence-corrected chi connectivity index (χ1v) is 7.76. The topological polar surface area (TPSA) is 139 Å². The van der Waals surface area contributed by atoms with Crippen molar-refractivity contribution in [1.29, 1.82) is 0 Å². The number of carbonyl (C=O) groups is 4. The van der Waals surface area contributed by atoms with Crippen molar-refractivity contribution < 1.29 is 24.3 Å². The molecule has 1 aromatic rings. The average Bonchev–Trinajstić information content (AvgIpc) is 2.52. The molecule has 8 nitrogen and oxygen atoms in total. The summed E-state index contributed by atoms with van der Waals surface area (Å²) in [6, 6.07) is 5.94. The summed E-state index contributed by atoms with van der Waals surface area (Å²) < 4.78 is 0. The van der Waals surface area contributed by atoms with Gasteiger partial charge in [0.2, 0.25) is 17.7 Å². The number of benzene rings is 1. The van der Waals surface area contributed by atoms with Crippen molar-refractivity contribution in [2.75, 3.05) is 7.05 Å². The van der Waals surface area contributed by atoms with Gasteiger partial charge in [0.25, 0.3) is 0 Å². The molecule has 0 saturated carbocycles. The van der Waals surface area contributed by atoms with E-state index in [1.165, 1.54) is 6.92 Å². The van der Waals surface area contributed by atoms with E-state index in [-0.39, 0.29) is 25.2 Å². The Bertz CT molecular complexity index is 622. The van der Waals surface area contributed by atoms with E-state index in [0.717, 1.165) is 5.56 Å². The minimum atomic E-state index is -1.08. The summed E-state index contributed by atoms with van der Waals surface area (Å²) in [7, 11) is 1.60. The Balaban J connectivity index is 0.00000101. The summed E-state index contributed by atoms with van der Waals surface area (Å²) >= 11 is 5.83. The highest BCUT2D eigenvalue weighted by atomic mass is 35.5. The minimum absolute atomic E-state index is 0.00463. The molecule has 0 saturated heterocycles. The highest BCUT2D eigenvalue weighted by Gasteiger charge is 2.19. The molecule has 5 N–H and O–H groups in total. The van der Waals surface area contributed by atoms with Gasteiger partial charge in [-0.15, -0.1) is 0 Å². The largest absolute Gasteiger partial charge is 0.481 e.